The number of hydrogen-bond donors (Lipinski definition) is 1. The van der Waals surface area contributed by atoms with Crippen molar-refractivity contribution in [3.63, 3.8) is 0 Å². The van der Waals surface area contributed by atoms with Crippen molar-refractivity contribution >= 4 is 12.0 Å². The van der Waals surface area contributed by atoms with E-state index in [2.05, 4.69) is 15.5 Å². The first-order valence-electron chi connectivity index (χ1n) is 8.97. The summed E-state index contributed by atoms with van der Waals surface area (Å²) in [5.41, 5.74) is -0.346. The van der Waals surface area contributed by atoms with Crippen LogP contribution in [0.2, 0.25) is 0 Å². The predicted octanol–water partition coefficient (Wildman–Crippen LogP) is 2.18. The van der Waals surface area contributed by atoms with Crippen molar-refractivity contribution in [1.82, 2.24) is 20.4 Å². The van der Waals surface area contributed by atoms with Gasteiger partial charge in [-0.05, 0) is 11.6 Å². The SMILES string of the molecule is O=C(CCc1nnc(Cc2cccc(C(F)(F)F)c2)o1)NCCN1CCOC1=O. The summed E-state index contributed by atoms with van der Waals surface area (Å²) in [4.78, 5) is 24.6. The first kappa shape index (κ1) is 20.6. The fourth-order valence-corrected chi connectivity index (χ4v) is 2.76. The number of ether oxygens (including phenoxy) is 1. The fraction of sp³-hybridized carbons (Fsp3) is 0.444. The van der Waals surface area contributed by atoms with Gasteiger partial charge in [0, 0.05) is 25.9 Å². The summed E-state index contributed by atoms with van der Waals surface area (Å²) in [5, 5.41) is 10.3. The van der Waals surface area contributed by atoms with Crippen LogP contribution in [0.5, 0.6) is 0 Å². The zero-order valence-corrected chi connectivity index (χ0v) is 15.4. The Bertz CT molecular complexity index is 869. The molecule has 11 heteroatoms. The van der Waals surface area contributed by atoms with Crippen LogP contribution >= 0.6 is 0 Å². The van der Waals surface area contributed by atoms with Crippen LogP contribution in [-0.2, 0) is 28.5 Å². The predicted molar refractivity (Wildman–Crippen MR) is 92.8 cm³/mol. The minimum absolute atomic E-state index is 0.0645. The van der Waals surface area contributed by atoms with Crippen LogP contribution in [0, 0.1) is 0 Å². The molecular weight excluding hydrogens is 393 g/mol. The molecule has 29 heavy (non-hydrogen) atoms. The lowest BCUT2D eigenvalue weighted by atomic mass is 10.1. The Balaban J connectivity index is 1.43. The van der Waals surface area contributed by atoms with Gasteiger partial charge in [0.1, 0.15) is 6.61 Å². The lowest BCUT2D eigenvalue weighted by molar-refractivity contribution is -0.137. The third kappa shape index (κ3) is 5.93. The number of alkyl halides is 3. The van der Waals surface area contributed by atoms with Gasteiger partial charge in [0.15, 0.2) is 0 Å². The molecule has 156 valence electrons. The molecule has 3 rings (SSSR count). The molecule has 1 aromatic heterocycles. The van der Waals surface area contributed by atoms with Gasteiger partial charge < -0.3 is 19.4 Å². The van der Waals surface area contributed by atoms with Gasteiger partial charge >= 0.3 is 12.3 Å². The summed E-state index contributed by atoms with van der Waals surface area (Å²) < 4.78 is 48.5. The normalized spacial score (nSPS) is 14.2. The summed E-state index contributed by atoms with van der Waals surface area (Å²) in [6, 6.07) is 4.89. The van der Waals surface area contributed by atoms with E-state index in [0.29, 0.717) is 31.8 Å². The summed E-state index contributed by atoms with van der Waals surface area (Å²) in [5.74, 6) is 0.160. The molecule has 8 nitrogen and oxygen atoms in total. The van der Waals surface area contributed by atoms with Gasteiger partial charge in [0.05, 0.1) is 18.5 Å². The van der Waals surface area contributed by atoms with Crippen molar-refractivity contribution in [2.24, 2.45) is 0 Å². The summed E-state index contributed by atoms with van der Waals surface area (Å²) in [7, 11) is 0. The molecule has 1 aliphatic heterocycles. The second-order valence-corrected chi connectivity index (χ2v) is 6.42. The minimum Gasteiger partial charge on any atom is -0.448 e. The molecular formula is C18H19F3N4O4. The number of amides is 2. The average molecular weight is 412 g/mol. The number of benzene rings is 1. The average Bonchev–Trinajstić information content (AvgIpc) is 3.29. The molecule has 0 bridgehead atoms. The number of nitrogens with zero attached hydrogens (tertiary/aromatic N) is 3. The number of nitrogens with one attached hydrogen (secondary N) is 1. The molecule has 0 atom stereocenters. The molecule has 0 aliphatic carbocycles. The van der Waals surface area contributed by atoms with Gasteiger partial charge in [0.25, 0.3) is 0 Å². The van der Waals surface area contributed by atoms with Crippen molar-refractivity contribution in [2.45, 2.75) is 25.4 Å². The van der Waals surface area contributed by atoms with Crippen LogP contribution in [-0.4, -0.2) is 53.3 Å². The number of cyclic esters (lactones) is 1. The molecule has 1 aromatic carbocycles. The van der Waals surface area contributed by atoms with E-state index in [4.69, 9.17) is 9.15 Å². The highest BCUT2D eigenvalue weighted by Crippen LogP contribution is 2.29. The first-order valence-corrected chi connectivity index (χ1v) is 8.97. The third-order valence-electron chi connectivity index (χ3n) is 4.23. The standard InChI is InChI=1S/C18H19F3N4O4/c19-18(20,21)13-3-1-2-12(10-13)11-16-24-23-15(29-16)5-4-14(26)22-6-7-25-8-9-28-17(25)27/h1-3,10H,4-9,11H2,(H,22,26). The van der Waals surface area contributed by atoms with Gasteiger partial charge in [-0.3, -0.25) is 4.79 Å². The van der Waals surface area contributed by atoms with Gasteiger partial charge in [-0.1, -0.05) is 18.2 Å². The monoisotopic (exact) mass is 412 g/mol. The number of aromatic nitrogens is 2. The summed E-state index contributed by atoms with van der Waals surface area (Å²) in [6.07, 6.45) is -4.44. The van der Waals surface area contributed by atoms with Crippen molar-refractivity contribution in [1.29, 1.82) is 0 Å². The van der Waals surface area contributed by atoms with E-state index in [1.54, 1.807) is 6.07 Å². The van der Waals surface area contributed by atoms with Crippen LogP contribution in [0.4, 0.5) is 18.0 Å². The van der Waals surface area contributed by atoms with Crippen molar-refractivity contribution < 1.29 is 31.9 Å². The largest absolute Gasteiger partial charge is 0.448 e. The van der Waals surface area contributed by atoms with E-state index < -0.39 is 17.8 Å². The Hall–Kier alpha value is -3.11. The van der Waals surface area contributed by atoms with Crippen LogP contribution < -0.4 is 5.32 Å². The molecule has 2 aromatic rings. The highest BCUT2D eigenvalue weighted by molar-refractivity contribution is 5.76. The first-order chi connectivity index (χ1) is 13.8. The lowest BCUT2D eigenvalue weighted by Crippen LogP contribution is -2.35. The Kier molecular flexibility index (Phi) is 6.35. The van der Waals surface area contributed by atoms with E-state index in [1.807, 2.05) is 0 Å². The number of carbonyl (C=O) groups excluding carboxylic acids is 2. The van der Waals surface area contributed by atoms with Crippen molar-refractivity contribution in [2.75, 3.05) is 26.2 Å². The molecule has 0 spiro atoms. The molecule has 1 fully saturated rings. The Morgan fingerprint density at radius 2 is 2.03 bits per heavy atom. The van der Waals surface area contributed by atoms with E-state index in [0.717, 1.165) is 12.1 Å². The van der Waals surface area contributed by atoms with Crippen LogP contribution in [0.1, 0.15) is 29.3 Å². The summed E-state index contributed by atoms with van der Waals surface area (Å²) >= 11 is 0. The Labute approximate surface area is 164 Å². The van der Waals surface area contributed by atoms with E-state index in [-0.39, 0.29) is 37.0 Å². The number of aryl methyl sites for hydroxylation is 1. The van der Waals surface area contributed by atoms with Crippen LogP contribution in [0.3, 0.4) is 0 Å². The lowest BCUT2D eigenvalue weighted by Gasteiger charge is -2.12. The van der Waals surface area contributed by atoms with Gasteiger partial charge in [-0.15, -0.1) is 10.2 Å². The Morgan fingerprint density at radius 3 is 2.76 bits per heavy atom. The molecule has 0 radical (unpaired) electrons. The molecule has 1 N–H and O–H groups in total. The second kappa shape index (κ2) is 8.93. The molecule has 0 saturated carbocycles. The van der Waals surface area contributed by atoms with Gasteiger partial charge in [0.2, 0.25) is 17.7 Å². The van der Waals surface area contributed by atoms with Gasteiger partial charge in [-0.2, -0.15) is 13.2 Å². The maximum absolute atomic E-state index is 12.8. The quantitative estimate of drug-likeness (QED) is 0.714. The van der Waals surface area contributed by atoms with E-state index in [9.17, 15) is 22.8 Å². The fourth-order valence-electron chi connectivity index (χ4n) is 2.76. The Morgan fingerprint density at radius 1 is 1.24 bits per heavy atom. The molecule has 0 unspecified atom stereocenters. The third-order valence-corrected chi connectivity index (χ3v) is 4.23. The highest BCUT2D eigenvalue weighted by Gasteiger charge is 2.30. The van der Waals surface area contributed by atoms with Crippen LogP contribution in [0.25, 0.3) is 0 Å². The number of rotatable bonds is 8. The van der Waals surface area contributed by atoms with E-state index in [1.165, 1.54) is 11.0 Å². The number of hydrogen-bond acceptors (Lipinski definition) is 6. The minimum atomic E-state index is -4.42. The van der Waals surface area contributed by atoms with E-state index >= 15 is 0 Å². The van der Waals surface area contributed by atoms with Crippen LogP contribution in [0.15, 0.2) is 28.7 Å². The smallest absolute Gasteiger partial charge is 0.416 e. The number of halogens is 3. The summed E-state index contributed by atoms with van der Waals surface area (Å²) in [6.45, 7) is 1.53. The van der Waals surface area contributed by atoms with Crippen molar-refractivity contribution in [3.8, 4) is 0 Å². The second-order valence-electron chi connectivity index (χ2n) is 6.42. The molecule has 1 saturated heterocycles. The maximum atomic E-state index is 12.8. The number of carbonyl (C=O) groups is 2. The molecule has 2 heterocycles. The zero-order valence-electron chi connectivity index (χ0n) is 15.4. The topological polar surface area (TPSA) is 97.6 Å². The molecule has 2 amide bonds. The van der Waals surface area contributed by atoms with Gasteiger partial charge in [-0.25, -0.2) is 4.79 Å². The van der Waals surface area contributed by atoms with Crippen molar-refractivity contribution in [3.05, 3.63) is 47.2 Å². The maximum Gasteiger partial charge on any atom is 0.416 e. The highest BCUT2D eigenvalue weighted by atomic mass is 19.4. The molecule has 1 aliphatic rings. The zero-order chi connectivity index (χ0) is 20.9.